The van der Waals surface area contributed by atoms with Crippen molar-refractivity contribution >= 4 is 33.5 Å². The van der Waals surface area contributed by atoms with E-state index in [1.54, 1.807) is 15.8 Å². The molecule has 124 valence electrons. The first-order valence-corrected chi connectivity index (χ1v) is 8.49. The summed E-state index contributed by atoms with van der Waals surface area (Å²) in [6, 6.07) is 9.63. The fourth-order valence-corrected chi connectivity index (χ4v) is 3.61. The van der Waals surface area contributed by atoms with Gasteiger partial charge in [0.2, 0.25) is 0 Å². The monoisotopic (exact) mass is 343 g/mol. The van der Waals surface area contributed by atoms with Crippen LogP contribution in [0.25, 0.3) is 10.1 Å². The SMILES string of the molecule is Cn1nccc1C1CN(C(=O)Nc2nsc3ccccc23)CCO1. The number of carbonyl (C=O) groups excluding carboxylic acids is 1. The summed E-state index contributed by atoms with van der Waals surface area (Å²) in [7, 11) is 1.87. The van der Waals surface area contributed by atoms with Gasteiger partial charge in [0.05, 0.1) is 23.5 Å². The number of nitrogens with zero attached hydrogens (tertiary/aromatic N) is 4. The van der Waals surface area contributed by atoms with Crippen LogP contribution in [-0.2, 0) is 11.8 Å². The van der Waals surface area contributed by atoms with Gasteiger partial charge in [-0.3, -0.25) is 10.00 Å². The van der Waals surface area contributed by atoms with Crippen LogP contribution < -0.4 is 5.32 Å². The lowest BCUT2D eigenvalue weighted by Gasteiger charge is -2.32. The number of urea groups is 1. The molecule has 1 aliphatic rings. The molecule has 24 heavy (non-hydrogen) atoms. The molecule has 2 amide bonds. The summed E-state index contributed by atoms with van der Waals surface area (Å²) in [6.45, 7) is 1.55. The number of hydrogen-bond acceptors (Lipinski definition) is 5. The first-order chi connectivity index (χ1) is 11.7. The average molecular weight is 343 g/mol. The molecule has 1 atom stereocenters. The van der Waals surface area contributed by atoms with Gasteiger partial charge < -0.3 is 9.64 Å². The smallest absolute Gasteiger partial charge is 0.323 e. The number of carbonyl (C=O) groups is 1. The van der Waals surface area contributed by atoms with Gasteiger partial charge in [0.15, 0.2) is 5.82 Å². The Balaban J connectivity index is 1.49. The van der Waals surface area contributed by atoms with Crippen molar-refractivity contribution in [3.63, 3.8) is 0 Å². The number of aryl methyl sites for hydroxylation is 1. The van der Waals surface area contributed by atoms with Crippen molar-refractivity contribution in [3.05, 3.63) is 42.2 Å². The summed E-state index contributed by atoms with van der Waals surface area (Å²) in [6.07, 6.45) is 1.57. The van der Waals surface area contributed by atoms with Crippen molar-refractivity contribution in [3.8, 4) is 0 Å². The van der Waals surface area contributed by atoms with E-state index in [1.165, 1.54) is 11.5 Å². The van der Waals surface area contributed by atoms with Gasteiger partial charge in [-0.2, -0.15) is 9.47 Å². The average Bonchev–Trinajstić information content (AvgIpc) is 3.22. The van der Waals surface area contributed by atoms with Crippen LogP contribution >= 0.6 is 11.5 Å². The predicted molar refractivity (Wildman–Crippen MR) is 92.1 cm³/mol. The molecule has 3 aromatic rings. The van der Waals surface area contributed by atoms with Gasteiger partial charge in [-0.15, -0.1) is 0 Å². The summed E-state index contributed by atoms with van der Waals surface area (Å²) in [5.41, 5.74) is 0.964. The van der Waals surface area contributed by atoms with Crippen LogP contribution in [0.5, 0.6) is 0 Å². The van der Waals surface area contributed by atoms with Crippen molar-refractivity contribution in [2.45, 2.75) is 6.10 Å². The number of benzene rings is 1. The van der Waals surface area contributed by atoms with Crippen molar-refractivity contribution in [2.24, 2.45) is 7.05 Å². The summed E-state index contributed by atoms with van der Waals surface area (Å²) in [4.78, 5) is 14.4. The Labute approximate surface area is 143 Å². The van der Waals surface area contributed by atoms with E-state index in [2.05, 4.69) is 14.8 Å². The Bertz CT molecular complexity index is 874. The van der Waals surface area contributed by atoms with Crippen LogP contribution in [0.2, 0.25) is 0 Å². The molecule has 0 bridgehead atoms. The zero-order chi connectivity index (χ0) is 16.5. The molecule has 1 unspecified atom stereocenters. The van der Waals surface area contributed by atoms with Gasteiger partial charge >= 0.3 is 6.03 Å². The van der Waals surface area contributed by atoms with Crippen LogP contribution in [0.4, 0.5) is 10.6 Å². The zero-order valence-electron chi connectivity index (χ0n) is 13.2. The molecule has 1 fully saturated rings. The second-order valence-electron chi connectivity index (χ2n) is 5.64. The third kappa shape index (κ3) is 2.74. The molecule has 8 heteroatoms. The Morgan fingerprint density at radius 2 is 2.25 bits per heavy atom. The third-order valence-corrected chi connectivity index (χ3v) is 4.97. The summed E-state index contributed by atoms with van der Waals surface area (Å²) < 4.78 is 13.0. The van der Waals surface area contributed by atoms with Gasteiger partial charge in [-0.25, -0.2) is 4.79 Å². The molecule has 0 radical (unpaired) electrons. The molecule has 0 saturated carbocycles. The lowest BCUT2D eigenvalue weighted by molar-refractivity contribution is -0.0175. The van der Waals surface area contributed by atoms with E-state index in [0.717, 1.165) is 15.8 Å². The highest BCUT2D eigenvalue weighted by atomic mass is 32.1. The largest absolute Gasteiger partial charge is 0.368 e. The maximum Gasteiger partial charge on any atom is 0.323 e. The van der Waals surface area contributed by atoms with Crippen molar-refractivity contribution in [1.29, 1.82) is 0 Å². The Morgan fingerprint density at radius 1 is 1.38 bits per heavy atom. The minimum Gasteiger partial charge on any atom is -0.368 e. The molecule has 1 saturated heterocycles. The van der Waals surface area contributed by atoms with Gasteiger partial charge in [0.1, 0.15) is 6.10 Å². The van der Waals surface area contributed by atoms with Gasteiger partial charge in [0.25, 0.3) is 0 Å². The van der Waals surface area contributed by atoms with E-state index in [4.69, 9.17) is 4.74 Å². The number of hydrogen-bond donors (Lipinski definition) is 1. The van der Waals surface area contributed by atoms with Gasteiger partial charge in [0, 0.05) is 25.2 Å². The van der Waals surface area contributed by atoms with E-state index >= 15 is 0 Å². The highest BCUT2D eigenvalue weighted by molar-refractivity contribution is 7.13. The van der Waals surface area contributed by atoms with Crippen LogP contribution in [0.1, 0.15) is 11.8 Å². The minimum atomic E-state index is -0.163. The number of rotatable bonds is 2. The predicted octanol–water partition coefficient (Wildman–Crippen LogP) is 2.64. The van der Waals surface area contributed by atoms with Crippen molar-refractivity contribution in [1.82, 2.24) is 19.1 Å². The van der Waals surface area contributed by atoms with E-state index in [-0.39, 0.29) is 12.1 Å². The summed E-state index contributed by atoms with van der Waals surface area (Å²) in [5, 5.41) is 8.05. The fourth-order valence-electron chi connectivity index (χ4n) is 2.87. The minimum absolute atomic E-state index is 0.151. The number of morpholine rings is 1. The van der Waals surface area contributed by atoms with Gasteiger partial charge in [-0.1, -0.05) is 12.1 Å². The van der Waals surface area contributed by atoms with E-state index in [0.29, 0.717) is 25.5 Å². The van der Waals surface area contributed by atoms with Crippen molar-refractivity contribution in [2.75, 3.05) is 25.0 Å². The number of ether oxygens (including phenoxy) is 1. The molecular formula is C16H17N5O2S. The topological polar surface area (TPSA) is 72.3 Å². The van der Waals surface area contributed by atoms with E-state index in [1.807, 2.05) is 37.4 Å². The van der Waals surface area contributed by atoms with Crippen LogP contribution in [-0.4, -0.2) is 44.8 Å². The quantitative estimate of drug-likeness (QED) is 0.776. The number of fused-ring (bicyclic) bond motifs is 1. The zero-order valence-corrected chi connectivity index (χ0v) is 14.0. The summed E-state index contributed by atoms with van der Waals surface area (Å²) in [5.74, 6) is 0.615. The highest BCUT2D eigenvalue weighted by Gasteiger charge is 2.27. The molecule has 2 aromatic heterocycles. The van der Waals surface area contributed by atoms with Crippen LogP contribution in [0.3, 0.4) is 0 Å². The normalized spacial score (nSPS) is 18.0. The Morgan fingerprint density at radius 3 is 3.08 bits per heavy atom. The third-order valence-electron chi connectivity index (χ3n) is 4.15. The standard InChI is InChI=1S/C16H17N5O2S/c1-20-12(6-7-17-20)13-10-21(8-9-23-13)16(22)18-15-11-4-2-3-5-14(11)24-19-15/h2-7,13H,8-10H2,1H3,(H,18,19,22). The molecule has 1 aliphatic heterocycles. The molecule has 1 N–H and O–H groups in total. The second-order valence-corrected chi connectivity index (χ2v) is 6.45. The molecule has 7 nitrogen and oxygen atoms in total. The van der Waals surface area contributed by atoms with E-state index < -0.39 is 0 Å². The molecule has 3 heterocycles. The number of anilines is 1. The number of nitrogens with one attached hydrogen (secondary N) is 1. The van der Waals surface area contributed by atoms with Gasteiger partial charge in [-0.05, 0) is 29.7 Å². The Hall–Kier alpha value is -2.45. The maximum absolute atomic E-state index is 12.6. The molecule has 0 aliphatic carbocycles. The van der Waals surface area contributed by atoms with E-state index in [9.17, 15) is 4.79 Å². The molecule has 1 aromatic carbocycles. The highest BCUT2D eigenvalue weighted by Crippen LogP contribution is 2.27. The number of aromatic nitrogens is 3. The first-order valence-electron chi connectivity index (χ1n) is 7.72. The first kappa shape index (κ1) is 15.1. The second kappa shape index (κ2) is 6.21. The molecular weight excluding hydrogens is 326 g/mol. The number of amides is 2. The fraction of sp³-hybridized carbons (Fsp3) is 0.312. The van der Waals surface area contributed by atoms with Crippen LogP contribution in [0, 0.1) is 0 Å². The Kier molecular flexibility index (Phi) is 3.91. The maximum atomic E-state index is 12.6. The van der Waals surface area contributed by atoms with Crippen LogP contribution in [0.15, 0.2) is 36.5 Å². The van der Waals surface area contributed by atoms with Crippen molar-refractivity contribution < 1.29 is 9.53 Å². The molecule has 4 rings (SSSR count). The lowest BCUT2D eigenvalue weighted by atomic mass is 10.2. The molecule has 0 spiro atoms. The summed E-state index contributed by atoms with van der Waals surface area (Å²) >= 11 is 1.38. The lowest BCUT2D eigenvalue weighted by Crippen LogP contribution is -2.44.